The predicted octanol–water partition coefficient (Wildman–Crippen LogP) is 3.59. The highest BCUT2D eigenvalue weighted by Crippen LogP contribution is 2.58. The van der Waals surface area contributed by atoms with Crippen LogP contribution in [0.25, 0.3) is 0 Å². The third-order valence-corrected chi connectivity index (χ3v) is 7.16. The van der Waals surface area contributed by atoms with Gasteiger partial charge in [0.25, 0.3) is 0 Å². The number of fused-ring (bicyclic) bond motifs is 3. The van der Waals surface area contributed by atoms with Crippen LogP contribution in [0.2, 0.25) is 0 Å². The maximum absolute atomic E-state index is 12.5. The molecule has 3 aliphatic carbocycles. The van der Waals surface area contributed by atoms with E-state index in [1.54, 1.807) is 6.92 Å². The molecule has 5 unspecified atom stereocenters. The Hall–Kier alpha value is -0.990. The van der Waals surface area contributed by atoms with Crippen LogP contribution >= 0.6 is 0 Å². The van der Waals surface area contributed by atoms with Gasteiger partial charge in [-0.2, -0.15) is 0 Å². The lowest BCUT2D eigenvalue weighted by Crippen LogP contribution is -2.48. The van der Waals surface area contributed by atoms with Crippen LogP contribution in [0.4, 0.5) is 0 Å². The molecule has 3 nitrogen and oxygen atoms in total. The van der Waals surface area contributed by atoms with Crippen molar-refractivity contribution >= 4 is 17.3 Å². The van der Waals surface area contributed by atoms with Crippen molar-refractivity contribution in [3.05, 3.63) is 0 Å². The number of hydrogen-bond donors (Lipinski definition) is 0. The monoisotopic (exact) mass is 304 g/mol. The largest absolute Gasteiger partial charge is 0.300 e. The minimum Gasteiger partial charge on any atom is -0.300 e. The number of ketones is 3. The van der Waals surface area contributed by atoms with Gasteiger partial charge in [-0.05, 0) is 56.8 Å². The SMILES string of the molecule is CC(=O)C(C)CC1C(=O)CCC2C1CC[C@]1(C)C(=O)CCC21. The molecule has 0 radical (unpaired) electrons. The van der Waals surface area contributed by atoms with E-state index in [1.807, 2.05) is 6.92 Å². The van der Waals surface area contributed by atoms with Gasteiger partial charge < -0.3 is 0 Å². The fourth-order valence-electron chi connectivity index (χ4n) is 5.59. The molecular formula is C19H28O3. The number of hydrogen-bond acceptors (Lipinski definition) is 3. The zero-order valence-corrected chi connectivity index (χ0v) is 14.1. The zero-order valence-electron chi connectivity index (χ0n) is 14.1. The molecule has 0 saturated heterocycles. The second-order valence-corrected chi connectivity index (χ2v) is 8.21. The van der Waals surface area contributed by atoms with E-state index in [4.69, 9.17) is 0 Å². The molecule has 22 heavy (non-hydrogen) atoms. The second-order valence-electron chi connectivity index (χ2n) is 8.21. The van der Waals surface area contributed by atoms with Gasteiger partial charge in [0, 0.05) is 30.1 Å². The van der Waals surface area contributed by atoms with E-state index in [9.17, 15) is 14.4 Å². The molecule has 0 aromatic heterocycles. The Bertz CT molecular complexity index is 509. The standard InChI is InChI=1S/C19H28O3/c1-11(12(2)20)10-15-13-8-9-19(3)16(5-7-18(19)22)14(13)4-6-17(15)21/h11,13-16H,4-10H2,1-3H3/t11?,13?,14?,15?,16?,19-/m0/s1. The molecule has 3 heteroatoms. The topological polar surface area (TPSA) is 51.2 Å². The van der Waals surface area contributed by atoms with Crippen LogP contribution in [0, 0.1) is 35.0 Å². The average Bonchev–Trinajstić information content (AvgIpc) is 2.77. The average molecular weight is 304 g/mol. The molecule has 0 heterocycles. The summed E-state index contributed by atoms with van der Waals surface area (Å²) < 4.78 is 0. The highest BCUT2D eigenvalue weighted by Gasteiger charge is 2.56. The summed E-state index contributed by atoms with van der Waals surface area (Å²) in [7, 11) is 0. The van der Waals surface area contributed by atoms with Crippen molar-refractivity contribution < 1.29 is 14.4 Å². The molecule has 0 spiro atoms. The van der Waals surface area contributed by atoms with Crippen molar-refractivity contribution in [2.24, 2.45) is 35.0 Å². The quantitative estimate of drug-likeness (QED) is 0.800. The normalized spacial score (nSPS) is 42.7. The van der Waals surface area contributed by atoms with Gasteiger partial charge in [0.1, 0.15) is 17.3 Å². The van der Waals surface area contributed by atoms with E-state index >= 15 is 0 Å². The number of Topliss-reactive ketones (excluding diaryl/α,β-unsaturated/α-hetero) is 3. The van der Waals surface area contributed by atoms with Crippen LogP contribution in [0.1, 0.15) is 65.7 Å². The first-order valence-corrected chi connectivity index (χ1v) is 8.91. The fraction of sp³-hybridized carbons (Fsp3) is 0.842. The van der Waals surface area contributed by atoms with Crippen LogP contribution in [0.15, 0.2) is 0 Å². The molecule has 3 saturated carbocycles. The van der Waals surface area contributed by atoms with Crippen LogP contribution in [0.5, 0.6) is 0 Å². The van der Waals surface area contributed by atoms with Crippen molar-refractivity contribution in [3.63, 3.8) is 0 Å². The minimum absolute atomic E-state index is 0.0220. The molecule has 122 valence electrons. The first kappa shape index (κ1) is 15.9. The smallest absolute Gasteiger partial charge is 0.139 e. The third kappa shape index (κ3) is 2.37. The number of carbonyl (C=O) groups is 3. The van der Waals surface area contributed by atoms with Crippen LogP contribution in [-0.4, -0.2) is 17.3 Å². The van der Waals surface area contributed by atoms with E-state index in [0.717, 1.165) is 32.1 Å². The van der Waals surface area contributed by atoms with Gasteiger partial charge >= 0.3 is 0 Å². The van der Waals surface area contributed by atoms with Gasteiger partial charge in [-0.25, -0.2) is 0 Å². The highest BCUT2D eigenvalue weighted by molar-refractivity contribution is 5.88. The van der Waals surface area contributed by atoms with Crippen molar-refractivity contribution in [2.45, 2.75) is 65.7 Å². The summed E-state index contributed by atoms with van der Waals surface area (Å²) in [6.45, 7) is 5.74. The van der Waals surface area contributed by atoms with E-state index < -0.39 is 0 Å². The Morgan fingerprint density at radius 2 is 1.91 bits per heavy atom. The lowest BCUT2D eigenvalue weighted by Gasteiger charge is -2.50. The Labute approximate surface area is 133 Å². The van der Waals surface area contributed by atoms with Crippen LogP contribution in [-0.2, 0) is 14.4 Å². The van der Waals surface area contributed by atoms with Gasteiger partial charge in [-0.15, -0.1) is 0 Å². The Kier molecular flexibility index (Phi) is 4.03. The van der Waals surface area contributed by atoms with Gasteiger partial charge in [0.05, 0.1) is 0 Å². The van der Waals surface area contributed by atoms with Crippen molar-refractivity contribution in [1.82, 2.24) is 0 Å². The summed E-state index contributed by atoms with van der Waals surface area (Å²) in [5.41, 5.74) is -0.127. The lowest BCUT2D eigenvalue weighted by molar-refractivity contribution is -0.138. The maximum Gasteiger partial charge on any atom is 0.139 e. The van der Waals surface area contributed by atoms with Crippen molar-refractivity contribution in [1.29, 1.82) is 0 Å². The Balaban J connectivity index is 1.82. The molecule has 0 aromatic carbocycles. The highest BCUT2D eigenvalue weighted by atomic mass is 16.1. The van der Waals surface area contributed by atoms with Crippen LogP contribution in [0.3, 0.4) is 0 Å². The summed E-state index contributed by atoms with van der Waals surface area (Å²) in [4.78, 5) is 36.4. The summed E-state index contributed by atoms with van der Waals surface area (Å²) >= 11 is 0. The van der Waals surface area contributed by atoms with Gasteiger partial charge in [0.2, 0.25) is 0 Å². The summed E-state index contributed by atoms with van der Waals surface area (Å²) in [6, 6.07) is 0. The first-order chi connectivity index (χ1) is 10.3. The lowest BCUT2D eigenvalue weighted by atomic mass is 9.53. The van der Waals surface area contributed by atoms with E-state index in [2.05, 4.69) is 6.92 Å². The van der Waals surface area contributed by atoms with Gasteiger partial charge in [0.15, 0.2) is 0 Å². The second kappa shape index (κ2) is 5.58. The first-order valence-electron chi connectivity index (χ1n) is 8.91. The van der Waals surface area contributed by atoms with E-state index in [1.165, 1.54) is 0 Å². The molecule has 0 bridgehead atoms. The molecule has 0 aliphatic heterocycles. The molecular weight excluding hydrogens is 276 g/mol. The molecule has 3 aliphatic rings. The van der Waals surface area contributed by atoms with E-state index in [0.29, 0.717) is 42.2 Å². The number of carbonyl (C=O) groups excluding carboxylic acids is 3. The van der Waals surface area contributed by atoms with Gasteiger partial charge in [-0.1, -0.05) is 13.8 Å². The van der Waals surface area contributed by atoms with Gasteiger partial charge in [-0.3, -0.25) is 14.4 Å². The molecule has 6 atom stereocenters. The maximum atomic E-state index is 12.5. The van der Waals surface area contributed by atoms with Crippen molar-refractivity contribution in [2.75, 3.05) is 0 Å². The third-order valence-electron chi connectivity index (χ3n) is 7.16. The Morgan fingerprint density at radius 1 is 1.18 bits per heavy atom. The minimum atomic E-state index is -0.127. The van der Waals surface area contributed by atoms with Crippen molar-refractivity contribution in [3.8, 4) is 0 Å². The molecule has 3 fully saturated rings. The molecule has 3 rings (SSSR count). The number of rotatable bonds is 3. The van der Waals surface area contributed by atoms with E-state index in [-0.39, 0.29) is 23.0 Å². The molecule has 0 aromatic rings. The summed E-state index contributed by atoms with van der Waals surface area (Å²) in [5.74, 6) is 2.43. The molecule has 0 N–H and O–H groups in total. The molecule has 0 amide bonds. The van der Waals surface area contributed by atoms with Crippen LogP contribution < -0.4 is 0 Å². The zero-order chi connectivity index (χ0) is 16.1. The Morgan fingerprint density at radius 3 is 2.59 bits per heavy atom. The fourth-order valence-corrected chi connectivity index (χ4v) is 5.59. The summed E-state index contributed by atoms with van der Waals surface area (Å²) in [6.07, 6.45) is 6.00. The predicted molar refractivity (Wildman–Crippen MR) is 84.2 cm³/mol. The summed E-state index contributed by atoms with van der Waals surface area (Å²) in [5, 5.41) is 0.